The SMILES string of the molecule is CNC1(C(N)=O)CCC(N(C)C2CCC2)C1. The molecule has 4 heteroatoms. The van der Waals surface area contributed by atoms with Gasteiger partial charge in [-0.1, -0.05) is 6.42 Å². The molecule has 2 saturated carbocycles. The third kappa shape index (κ3) is 1.84. The van der Waals surface area contributed by atoms with E-state index in [-0.39, 0.29) is 5.91 Å². The Bertz CT molecular complexity index is 277. The molecule has 2 atom stereocenters. The van der Waals surface area contributed by atoms with Crippen LogP contribution < -0.4 is 11.1 Å². The summed E-state index contributed by atoms with van der Waals surface area (Å²) in [6.07, 6.45) is 6.81. The number of rotatable bonds is 4. The van der Waals surface area contributed by atoms with E-state index in [0.717, 1.165) is 25.3 Å². The van der Waals surface area contributed by atoms with Crippen molar-refractivity contribution in [3.05, 3.63) is 0 Å². The fourth-order valence-electron chi connectivity index (χ4n) is 3.03. The maximum Gasteiger partial charge on any atom is 0.237 e. The van der Waals surface area contributed by atoms with Crippen LogP contribution in [-0.2, 0) is 4.79 Å². The van der Waals surface area contributed by atoms with E-state index in [1.54, 1.807) is 0 Å². The van der Waals surface area contributed by atoms with Crippen LogP contribution in [0.1, 0.15) is 38.5 Å². The van der Waals surface area contributed by atoms with Crippen LogP contribution in [-0.4, -0.2) is 42.5 Å². The van der Waals surface area contributed by atoms with E-state index in [2.05, 4.69) is 17.3 Å². The molecule has 0 aromatic heterocycles. The predicted octanol–water partition coefficient (Wildman–Crippen LogP) is 0.467. The number of hydrogen-bond donors (Lipinski definition) is 2. The molecule has 16 heavy (non-hydrogen) atoms. The maximum absolute atomic E-state index is 11.5. The minimum atomic E-state index is -0.456. The van der Waals surface area contributed by atoms with Crippen LogP contribution in [0.3, 0.4) is 0 Å². The van der Waals surface area contributed by atoms with Crippen molar-refractivity contribution >= 4 is 5.91 Å². The zero-order chi connectivity index (χ0) is 11.8. The van der Waals surface area contributed by atoms with Crippen LogP contribution in [0.2, 0.25) is 0 Å². The van der Waals surface area contributed by atoms with Gasteiger partial charge in [0.15, 0.2) is 0 Å². The Morgan fingerprint density at radius 3 is 2.44 bits per heavy atom. The number of carbonyl (C=O) groups excluding carboxylic acids is 1. The van der Waals surface area contributed by atoms with Crippen molar-refractivity contribution in [2.45, 2.75) is 56.1 Å². The molecular formula is C12H23N3O. The molecule has 0 spiro atoms. The molecule has 92 valence electrons. The summed E-state index contributed by atoms with van der Waals surface area (Å²) in [5.41, 5.74) is 5.05. The van der Waals surface area contributed by atoms with Crippen LogP contribution in [0.25, 0.3) is 0 Å². The Morgan fingerprint density at radius 2 is 2.06 bits per heavy atom. The van der Waals surface area contributed by atoms with Crippen LogP contribution in [0, 0.1) is 0 Å². The van der Waals surface area contributed by atoms with Gasteiger partial charge < -0.3 is 16.0 Å². The van der Waals surface area contributed by atoms with Gasteiger partial charge in [0, 0.05) is 12.1 Å². The van der Waals surface area contributed by atoms with E-state index in [1.807, 2.05) is 7.05 Å². The first-order valence-corrected chi connectivity index (χ1v) is 6.30. The Hall–Kier alpha value is -0.610. The highest BCUT2D eigenvalue weighted by atomic mass is 16.1. The molecule has 0 heterocycles. The summed E-state index contributed by atoms with van der Waals surface area (Å²) in [5.74, 6) is -0.195. The summed E-state index contributed by atoms with van der Waals surface area (Å²) in [4.78, 5) is 14.0. The van der Waals surface area contributed by atoms with Crippen molar-refractivity contribution in [3.8, 4) is 0 Å². The standard InChI is InChI=1S/C12H23N3O/c1-14-12(11(13)16)7-6-10(8-12)15(2)9-4-3-5-9/h9-10,14H,3-8H2,1-2H3,(H2,13,16). The summed E-state index contributed by atoms with van der Waals surface area (Å²) in [6, 6.07) is 1.26. The van der Waals surface area contributed by atoms with Gasteiger partial charge in [0.1, 0.15) is 0 Å². The first-order valence-electron chi connectivity index (χ1n) is 6.30. The third-order valence-electron chi connectivity index (χ3n) is 4.67. The molecular weight excluding hydrogens is 202 g/mol. The molecule has 2 fully saturated rings. The lowest BCUT2D eigenvalue weighted by atomic mass is 9.90. The molecule has 0 aliphatic heterocycles. The Morgan fingerprint density at radius 1 is 1.38 bits per heavy atom. The number of primary amides is 1. The van der Waals surface area contributed by atoms with Crippen molar-refractivity contribution < 1.29 is 4.79 Å². The van der Waals surface area contributed by atoms with Gasteiger partial charge in [0.25, 0.3) is 0 Å². The number of hydrogen-bond acceptors (Lipinski definition) is 3. The molecule has 0 aromatic carbocycles. The molecule has 2 unspecified atom stereocenters. The van der Waals surface area contributed by atoms with Crippen molar-refractivity contribution in [1.29, 1.82) is 0 Å². The van der Waals surface area contributed by atoms with Gasteiger partial charge in [-0.3, -0.25) is 4.79 Å². The number of nitrogens with one attached hydrogen (secondary N) is 1. The molecule has 0 radical (unpaired) electrons. The van der Waals surface area contributed by atoms with Gasteiger partial charge in [-0.15, -0.1) is 0 Å². The van der Waals surface area contributed by atoms with Gasteiger partial charge in [-0.2, -0.15) is 0 Å². The molecule has 4 nitrogen and oxygen atoms in total. The fourth-order valence-corrected chi connectivity index (χ4v) is 3.03. The predicted molar refractivity (Wildman–Crippen MR) is 64.0 cm³/mol. The topological polar surface area (TPSA) is 58.4 Å². The van der Waals surface area contributed by atoms with E-state index in [4.69, 9.17) is 5.73 Å². The van der Waals surface area contributed by atoms with Crippen molar-refractivity contribution in [3.63, 3.8) is 0 Å². The third-order valence-corrected chi connectivity index (χ3v) is 4.67. The quantitative estimate of drug-likeness (QED) is 0.731. The van der Waals surface area contributed by atoms with Gasteiger partial charge in [0.05, 0.1) is 5.54 Å². The number of nitrogens with zero attached hydrogens (tertiary/aromatic N) is 1. The molecule has 2 aliphatic carbocycles. The highest BCUT2D eigenvalue weighted by Gasteiger charge is 2.45. The minimum absolute atomic E-state index is 0.195. The fraction of sp³-hybridized carbons (Fsp3) is 0.917. The van der Waals surface area contributed by atoms with E-state index < -0.39 is 5.54 Å². The summed E-state index contributed by atoms with van der Waals surface area (Å²) in [5, 5.41) is 3.14. The summed E-state index contributed by atoms with van der Waals surface area (Å²) in [6.45, 7) is 0. The van der Waals surface area contributed by atoms with Crippen LogP contribution in [0.4, 0.5) is 0 Å². The summed E-state index contributed by atoms with van der Waals surface area (Å²) >= 11 is 0. The molecule has 0 aromatic rings. The highest BCUT2D eigenvalue weighted by Crippen LogP contribution is 2.36. The first kappa shape index (κ1) is 11.9. The second kappa shape index (κ2) is 4.34. The Kier molecular flexibility index (Phi) is 3.22. The highest BCUT2D eigenvalue weighted by molar-refractivity contribution is 5.85. The molecule has 2 rings (SSSR count). The van der Waals surface area contributed by atoms with Crippen molar-refractivity contribution in [2.75, 3.05) is 14.1 Å². The Labute approximate surface area is 97.6 Å². The summed E-state index contributed by atoms with van der Waals surface area (Å²) in [7, 11) is 4.04. The van der Waals surface area contributed by atoms with Gasteiger partial charge in [-0.25, -0.2) is 0 Å². The average molecular weight is 225 g/mol. The van der Waals surface area contributed by atoms with E-state index >= 15 is 0 Å². The summed E-state index contributed by atoms with van der Waals surface area (Å²) < 4.78 is 0. The minimum Gasteiger partial charge on any atom is -0.368 e. The monoisotopic (exact) mass is 225 g/mol. The number of nitrogens with two attached hydrogens (primary N) is 1. The maximum atomic E-state index is 11.5. The van der Waals surface area contributed by atoms with Crippen molar-refractivity contribution in [2.24, 2.45) is 5.73 Å². The lowest BCUT2D eigenvalue weighted by Gasteiger charge is -2.39. The largest absolute Gasteiger partial charge is 0.368 e. The van der Waals surface area contributed by atoms with Crippen LogP contribution >= 0.6 is 0 Å². The zero-order valence-electron chi connectivity index (χ0n) is 10.3. The van der Waals surface area contributed by atoms with E-state index in [0.29, 0.717) is 6.04 Å². The zero-order valence-corrected chi connectivity index (χ0v) is 10.3. The lowest BCUT2D eigenvalue weighted by molar-refractivity contribution is -0.124. The second-order valence-corrected chi connectivity index (χ2v) is 5.34. The molecule has 1 amide bonds. The Balaban J connectivity index is 1.98. The van der Waals surface area contributed by atoms with Gasteiger partial charge >= 0.3 is 0 Å². The van der Waals surface area contributed by atoms with Crippen molar-refractivity contribution in [1.82, 2.24) is 10.2 Å². The number of carbonyl (C=O) groups is 1. The van der Waals surface area contributed by atoms with Crippen LogP contribution in [0.5, 0.6) is 0 Å². The van der Waals surface area contributed by atoms with Gasteiger partial charge in [-0.05, 0) is 46.2 Å². The van der Waals surface area contributed by atoms with Gasteiger partial charge in [0.2, 0.25) is 5.91 Å². The smallest absolute Gasteiger partial charge is 0.237 e. The first-order chi connectivity index (χ1) is 7.59. The lowest BCUT2D eigenvalue weighted by Crippen LogP contribution is -2.53. The molecule has 0 saturated heterocycles. The average Bonchev–Trinajstić information content (AvgIpc) is 2.60. The molecule has 2 aliphatic rings. The second-order valence-electron chi connectivity index (χ2n) is 5.34. The normalized spacial score (nSPS) is 35.3. The van der Waals surface area contributed by atoms with E-state index in [9.17, 15) is 4.79 Å². The van der Waals surface area contributed by atoms with Crippen LogP contribution in [0.15, 0.2) is 0 Å². The number of likely N-dealkylation sites (N-methyl/N-ethyl adjacent to an activating group) is 1. The van der Waals surface area contributed by atoms with E-state index in [1.165, 1.54) is 19.3 Å². The number of amides is 1. The molecule has 3 N–H and O–H groups in total. The molecule has 0 bridgehead atoms.